The van der Waals surface area contributed by atoms with E-state index in [2.05, 4.69) is 9.98 Å². The molecule has 0 saturated heterocycles. The molecule has 0 atom stereocenters. The first-order valence-corrected chi connectivity index (χ1v) is 3.50. The lowest BCUT2D eigenvalue weighted by Gasteiger charge is -1.98. The van der Waals surface area contributed by atoms with Crippen LogP contribution in [0.25, 0.3) is 0 Å². The van der Waals surface area contributed by atoms with Crippen molar-refractivity contribution in [3.8, 4) is 0 Å². The van der Waals surface area contributed by atoms with E-state index in [1.165, 1.54) is 12.6 Å². The second kappa shape index (κ2) is 3.61. The number of nitrogens with zero attached hydrogens (tertiary/aromatic N) is 2. The molecule has 4 heteroatoms. The Balaban J connectivity index is 3.16. The lowest BCUT2D eigenvalue weighted by molar-refractivity contribution is 1.21. The topological polar surface area (TPSA) is 75.1 Å². The molecule has 1 aromatic heterocycles. The number of hydrogen-bond donors (Lipinski definition) is 2. The third-order valence-electron chi connectivity index (χ3n) is 1.44. The maximum absolute atomic E-state index is 6.97. The molecule has 12 heavy (non-hydrogen) atoms. The van der Waals surface area contributed by atoms with Crippen LogP contribution in [0.4, 0.5) is 5.82 Å². The summed E-state index contributed by atoms with van der Waals surface area (Å²) in [5.41, 5.74) is 6.66. The normalized spacial score (nSPS) is 10.4. The van der Waals surface area contributed by atoms with Crippen LogP contribution in [0.3, 0.4) is 0 Å². The summed E-state index contributed by atoms with van der Waals surface area (Å²) in [4.78, 5) is 7.91. The molecule has 0 bridgehead atoms. The monoisotopic (exact) mass is 162 g/mol. The van der Waals surface area contributed by atoms with Gasteiger partial charge in [0.1, 0.15) is 0 Å². The van der Waals surface area contributed by atoms with Crippen molar-refractivity contribution >= 4 is 18.4 Å². The number of nitrogens with one attached hydrogen (secondary N) is 1. The van der Waals surface area contributed by atoms with Gasteiger partial charge in [-0.15, -0.1) is 0 Å². The summed E-state index contributed by atoms with van der Waals surface area (Å²) in [6.45, 7) is 1.89. The van der Waals surface area contributed by atoms with Crippen molar-refractivity contribution in [1.82, 2.24) is 4.98 Å². The summed E-state index contributed by atoms with van der Waals surface area (Å²) in [6.07, 6.45) is 2.37. The maximum atomic E-state index is 6.97. The molecule has 0 radical (unpaired) electrons. The van der Waals surface area contributed by atoms with E-state index in [9.17, 15) is 0 Å². The molecule has 1 rings (SSSR count). The van der Waals surface area contributed by atoms with Crippen molar-refractivity contribution in [1.29, 1.82) is 5.41 Å². The molecule has 0 aliphatic rings. The number of aliphatic imine (C=N–C) groups is 1. The van der Waals surface area contributed by atoms with Crippen LogP contribution in [0.5, 0.6) is 0 Å². The van der Waals surface area contributed by atoms with Gasteiger partial charge in [-0.25, -0.2) is 9.98 Å². The van der Waals surface area contributed by atoms with E-state index >= 15 is 0 Å². The maximum Gasteiger partial charge on any atom is 0.157 e. The van der Waals surface area contributed by atoms with Crippen molar-refractivity contribution in [2.24, 2.45) is 10.7 Å². The largest absolute Gasteiger partial charge is 0.390 e. The number of pyridine rings is 1. The zero-order chi connectivity index (χ0) is 8.97. The van der Waals surface area contributed by atoms with Crippen LogP contribution >= 0.6 is 0 Å². The zero-order valence-corrected chi connectivity index (χ0v) is 6.78. The summed E-state index contributed by atoms with van der Waals surface area (Å²) in [6, 6.07) is 3.62. The molecule has 0 aliphatic carbocycles. The van der Waals surface area contributed by atoms with Crippen molar-refractivity contribution in [2.45, 2.75) is 6.92 Å². The molecule has 0 saturated carbocycles. The fourth-order valence-electron chi connectivity index (χ4n) is 0.814. The fourth-order valence-corrected chi connectivity index (χ4v) is 0.814. The molecule has 0 aliphatic heterocycles. The molecule has 0 amide bonds. The molecular weight excluding hydrogens is 152 g/mol. The molecular formula is C8H10N4. The van der Waals surface area contributed by atoms with E-state index in [0.717, 1.165) is 5.56 Å². The average molecular weight is 162 g/mol. The minimum absolute atomic E-state index is 0.568. The van der Waals surface area contributed by atoms with E-state index in [1.54, 1.807) is 6.07 Å². The predicted molar refractivity (Wildman–Crippen MR) is 49.2 cm³/mol. The molecule has 1 heterocycles. The second-order valence-electron chi connectivity index (χ2n) is 2.30. The Hall–Kier alpha value is -1.71. The van der Waals surface area contributed by atoms with E-state index in [4.69, 9.17) is 11.1 Å². The molecule has 3 N–H and O–H groups in total. The van der Waals surface area contributed by atoms with Gasteiger partial charge in [0, 0.05) is 6.21 Å². The van der Waals surface area contributed by atoms with Crippen LogP contribution in [0.2, 0.25) is 0 Å². The Morgan fingerprint density at radius 3 is 2.92 bits per heavy atom. The second-order valence-corrected chi connectivity index (χ2v) is 2.30. The molecule has 4 nitrogen and oxygen atoms in total. The Bertz CT molecular complexity index is 317. The van der Waals surface area contributed by atoms with E-state index in [0.29, 0.717) is 11.5 Å². The molecule has 0 fully saturated rings. The Labute approximate surface area is 70.7 Å². The van der Waals surface area contributed by atoms with Gasteiger partial charge in [-0.05, 0) is 18.6 Å². The molecule has 0 aromatic carbocycles. The van der Waals surface area contributed by atoms with E-state index in [-0.39, 0.29) is 0 Å². The summed E-state index contributed by atoms with van der Waals surface area (Å²) in [5, 5.41) is 6.97. The molecule has 0 spiro atoms. The van der Waals surface area contributed by atoms with Gasteiger partial charge in [-0.3, -0.25) is 0 Å². The summed E-state index contributed by atoms with van der Waals surface area (Å²) in [5.74, 6) is 0.568. The SMILES string of the molecule is Cc1ccc(C=N)nc1N=CN. The zero-order valence-electron chi connectivity index (χ0n) is 6.78. The highest BCUT2D eigenvalue weighted by Crippen LogP contribution is 2.13. The van der Waals surface area contributed by atoms with Gasteiger partial charge in [0.05, 0.1) is 12.0 Å². The highest BCUT2D eigenvalue weighted by Gasteiger charge is 1.97. The van der Waals surface area contributed by atoms with Crippen LogP contribution < -0.4 is 5.73 Å². The van der Waals surface area contributed by atoms with Crippen molar-refractivity contribution in [3.05, 3.63) is 23.4 Å². The quantitative estimate of drug-likeness (QED) is 0.503. The van der Waals surface area contributed by atoms with Crippen LogP contribution in [-0.2, 0) is 0 Å². The van der Waals surface area contributed by atoms with Crippen LogP contribution in [-0.4, -0.2) is 17.5 Å². The lowest BCUT2D eigenvalue weighted by Crippen LogP contribution is -1.92. The van der Waals surface area contributed by atoms with Crippen LogP contribution in [0.1, 0.15) is 11.3 Å². The molecule has 62 valence electrons. The van der Waals surface area contributed by atoms with Crippen molar-refractivity contribution in [2.75, 3.05) is 0 Å². The molecule has 1 aromatic rings. The van der Waals surface area contributed by atoms with E-state index in [1.807, 2.05) is 13.0 Å². The van der Waals surface area contributed by atoms with Gasteiger partial charge in [0.25, 0.3) is 0 Å². The van der Waals surface area contributed by atoms with Gasteiger partial charge in [-0.2, -0.15) is 0 Å². The molecule has 0 unspecified atom stereocenters. The average Bonchev–Trinajstić information content (AvgIpc) is 2.09. The first-order chi connectivity index (χ1) is 5.77. The summed E-state index contributed by atoms with van der Waals surface area (Å²) < 4.78 is 0. The number of hydrogen-bond acceptors (Lipinski definition) is 3. The minimum Gasteiger partial charge on any atom is -0.390 e. The Morgan fingerprint density at radius 2 is 2.33 bits per heavy atom. The standard InChI is InChI=1S/C8H10N4/c1-6-2-3-7(4-9)12-8(6)11-5-10/h2-5,9H,1H3,(H2,10,11,12). The van der Waals surface area contributed by atoms with Gasteiger partial charge < -0.3 is 11.1 Å². The van der Waals surface area contributed by atoms with E-state index < -0.39 is 0 Å². The van der Waals surface area contributed by atoms with Crippen molar-refractivity contribution < 1.29 is 0 Å². The predicted octanol–water partition coefficient (Wildman–Crippen LogP) is 1.01. The first-order valence-electron chi connectivity index (χ1n) is 3.50. The number of nitrogens with two attached hydrogens (primary N) is 1. The third-order valence-corrected chi connectivity index (χ3v) is 1.44. The van der Waals surface area contributed by atoms with Gasteiger partial charge in [0.2, 0.25) is 0 Å². The van der Waals surface area contributed by atoms with Crippen LogP contribution in [0, 0.1) is 12.3 Å². The van der Waals surface area contributed by atoms with Gasteiger partial charge >= 0.3 is 0 Å². The highest BCUT2D eigenvalue weighted by atomic mass is 14.9. The fraction of sp³-hybridized carbons (Fsp3) is 0.125. The number of aromatic nitrogens is 1. The third kappa shape index (κ3) is 1.66. The Kier molecular flexibility index (Phi) is 2.53. The smallest absolute Gasteiger partial charge is 0.157 e. The highest BCUT2D eigenvalue weighted by molar-refractivity contribution is 5.75. The van der Waals surface area contributed by atoms with Gasteiger partial charge in [0.15, 0.2) is 5.82 Å². The summed E-state index contributed by atoms with van der Waals surface area (Å²) >= 11 is 0. The number of aryl methyl sites for hydroxylation is 1. The van der Waals surface area contributed by atoms with Crippen LogP contribution in [0.15, 0.2) is 17.1 Å². The van der Waals surface area contributed by atoms with Crippen molar-refractivity contribution in [3.63, 3.8) is 0 Å². The minimum atomic E-state index is 0.568. The first kappa shape index (κ1) is 8.39. The number of rotatable bonds is 2. The Morgan fingerprint density at radius 1 is 1.58 bits per heavy atom. The lowest BCUT2D eigenvalue weighted by atomic mass is 10.2. The van der Waals surface area contributed by atoms with Gasteiger partial charge in [-0.1, -0.05) is 6.07 Å². The summed E-state index contributed by atoms with van der Waals surface area (Å²) in [7, 11) is 0.